The first kappa shape index (κ1) is 14.0. The van der Waals surface area contributed by atoms with Gasteiger partial charge in [-0.05, 0) is 37.0 Å². The van der Waals surface area contributed by atoms with E-state index in [1.165, 1.54) is 31.5 Å². The minimum Gasteiger partial charge on any atom is -0.317 e. The average Bonchev–Trinajstić information content (AvgIpc) is 2.69. The van der Waals surface area contributed by atoms with Crippen LogP contribution in [0.5, 0.6) is 0 Å². The monoisotopic (exact) mass is 313 g/mol. The second-order valence-electron chi connectivity index (χ2n) is 6.58. The van der Waals surface area contributed by atoms with Crippen molar-refractivity contribution in [3.8, 4) is 0 Å². The Morgan fingerprint density at radius 1 is 1.17 bits per heavy atom. The summed E-state index contributed by atoms with van der Waals surface area (Å²) in [6.07, 6.45) is 5.17. The molecule has 1 aliphatic carbocycles. The number of rotatable bonds is 2. The van der Waals surface area contributed by atoms with Gasteiger partial charge in [0.2, 0.25) is 0 Å². The quantitative estimate of drug-likeness (QED) is 0.772. The van der Waals surface area contributed by atoms with Crippen molar-refractivity contribution >= 4 is 15.9 Å². The van der Waals surface area contributed by atoms with Gasteiger partial charge in [-0.2, -0.15) is 0 Å². The van der Waals surface area contributed by atoms with Crippen molar-refractivity contribution in [3.05, 3.63) is 11.6 Å². The molecule has 1 aromatic heterocycles. The third-order valence-corrected chi connectivity index (χ3v) is 4.94. The molecule has 0 saturated heterocycles. The first-order chi connectivity index (χ1) is 8.43. The van der Waals surface area contributed by atoms with Crippen LogP contribution < -0.4 is 0 Å². The minimum atomic E-state index is 0.450. The van der Waals surface area contributed by atoms with E-state index in [-0.39, 0.29) is 0 Å². The molecule has 0 radical (unpaired) electrons. The van der Waals surface area contributed by atoms with E-state index in [0.717, 1.165) is 17.1 Å². The summed E-state index contributed by atoms with van der Waals surface area (Å²) in [4.78, 5) is 0. The van der Waals surface area contributed by atoms with Gasteiger partial charge in [0.05, 0.1) is 5.33 Å². The van der Waals surface area contributed by atoms with Crippen LogP contribution in [0.15, 0.2) is 0 Å². The van der Waals surface area contributed by atoms with Gasteiger partial charge < -0.3 is 4.57 Å². The molecule has 4 heteroatoms. The van der Waals surface area contributed by atoms with Crippen LogP contribution in [-0.4, -0.2) is 14.8 Å². The number of hydrogen-bond acceptors (Lipinski definition) is 2. The highest BCUT2D eigenvalue weighted by molar-refractivity contribution is 9.08. The third-order valence-electron chi connectivity index (χ3n) is 4.44. The van der Waals surface area contributed by atoms with E-state index < -0.39 is 0 Å². The lowest BCUT2D eigenvalue weighted by atomic mass is 9.70. The van der Waals surface area contributed by atoms with Gasteiger partial charge in [0.1, 0.15) is 11.6 Å². The Morgan fingerprint density at radius 3 is 2.22 bits per heavy atom. The maximum absolute atomic E-state index is 4.38. The van der Waals surface area contributed by atoms with Crippen LogP contribution in [0.2, 0.25) is 0 Å². The molecule has 0 unspecified atom stereocenters. The van der Waals surface area contributed by atoms with Gasteiger partial charge in [-0.25, -0.2) is 0 Å². The highest BCUT2D eigenvalue weighted by atomic mass is 79.9. The molecule has 102 valence electrons. The smallest absolute Gasteiger partial charge is 0.143 e. The van der Waals surface area contributed by atoms with E-state index in [2.05, 4.69) is 58.5 Å². The van der Waals surface area contributed by atoms with Crippen molar-refractivity contribution in [1.29, 1.82) is 0 Å². The van der Waals surface area contributed by atoms with Crippen LogP contribution in [0.25, 0.3) is 0 Å². The summed E-state index contributed by atoms with van der Waals surface area (Å²) in [5, 5.41) is 9.41. The van der Waals surface area contributed by atoms with Gasteiger partial charge in [-0.3, -0.25) is 0 Å². The number of alkyl halides is 1. The van der Waals surface area contributed by atoms with E-state index in [0.29, 0.717) is 11.3 Å². The largest absolute Gasteiger partial charge is 0.317 e. The Bertz CT molecular complexity index is 398. The lowest BCUT2D eigenvalue weighted by Gasteiger charge is -2.36. The van der Waals surface area contributed by atoms with E-state index in [9.17, 15) is 0 Å². The fraction of sp³-hybridized carbons (Fsp3) is 0.857. The van der Waals surface area contributed by atoms with Crippen molar-refractivity contribution in [2.45, 2.75) is 57.7 Å². The Hall–Kier alpha value is -0.380. The standard InChI is InChI=1S/C14H24BrN3/c1-14(2,3)11-7-5-10(6-8-11)13-17-16-12(9-15)18(13)4/h10-11H,5-9H2,1-4H3. The molecular formula is C14H24BrN3. The van der Waals surface area contributed by atoms with Crippen molar-refractivity contribution in [2.75, 3.05) is 0 Å². The fourth-order valence-corrected chi connectivity index (χ4v) is 3.55. The first-order valence-corrected chi connectivity index (χ1v) is 7.99. The number of halogens is 1. The summed E-state index contributed by atoms with van der Waals surface area (Å²) in [6, 6.07) is 0. The highest BCUT2D eigenvalue weighted by Crippen LogP contribution is 2.42. The van der Waals surface area contributed by atoms with Crippen molar-refractivity contribution in [3.63, 3.8) is 0 Å². The molecule has 1 aliphatic rings. The molecule has 2 rings (SSSR count). The molecule has 0 amide bonds. The van der Waals surface area contributed by atoms with E-state index in [1.807, 2.05) is 0 Å². The second-order valence-corrected chi connectivity index (χ2v) is 7.14. The Balaban J connectivity index is 2.03. The highest BCUT2D eigenvalue weighted by Gasteiger charge is 2.31. The average molecular weight is 314 g/mol. The lowest BCUT2D eigenvalue weighted by molar-refractivity contribution is 0.166. The molecule has 0 spiro atoms. The molecular weight excluding hydrogens is 290 g/mol. The zero-order valence-corrected chi connectivity index (χ0v) is 13.5. The van der Waals surface area contributed by atoms with Gasteiger partial charge >= 0.3 is 0 Å². The number of aromatic nitrogens is 3. The van der Waals surface area contributed by atoms with Gasteiger partial charge in [0.25, 0.3) is 0 Å². The van der Waals surface area contributed by atoms with Gasteiger partial charge in [-0.1, -0.05) is 36.7 Å². The van der Waals surface area contributed by atoms with Gasteiger partial charge in [0.15, 0.2) is 0 Å². The van der Waals surface area contributed by atoms with Gasteiger partial charge in [0, 0.05) is 13.0 Å². The Labute approximate surface area is 118 Å². The molecule has 0 bridgehead atoms. The van der Waals surface area contributed by atoms with Crippen molar-refractivity contribution in [2.24, 2.45) is 18.4 Å². The normalized spacial score (nSPS) is 25.4. The van der Waals surface area contributed by atoms with Crippen LogP contribution in [0.3, 0.4) is 0 Å². The summed E-state index contributed by atoms with van der Waals surface area (Å²) in [7, 11) is 2.09. The van der Waals surface area contributed by atoms with Crippen molar-refractivity contribution < 1.29 is 0 Å². The second kappa shape index (κ2) is 5.32. The van der Waals surface area contributed by atoms with Crippen LogP contribution in [0.4, 0.5) is 0 Å². The van der Waals surface area contributed by atoms with Crippen LogP contribution in [0, 0.1) is 11.3 Å². The molecule has 18 heavy (non-hydrogen) atoms. The molecule has 1 heterocycles. The zero-order chi connectivity index (χ0) is 13.3. The predicted molar refractivity (Wildman–Crippen MR) is 77.8 cm³/mol. The Kier molecular flexibility index (Phi) is 4.15. The minimum absolute atomic E-state index is 0.450. The van der Waals surface area contributed by atoms with Crippen molar-refractivity contribution in [1.82, 2.24) is 14.8 Å². The summed E-state index contributed by atoms with van der Waals surface area (Å²) < 4.78 is 2.16. The fourth-order valence-electron chi connectivity index (χ4n) is 3.06. The lowest BCUT2D eigenvalue weighted by Crippen LogP contribution is -2.26. The molecule has 3 nitrogen and oxygen atoms in total. The third kappa shape index (κ3) is 2.79. The zero-order valence-electron chi connectivity index (χ0n) is 11.9. The van der Waals surface area contributed by atoms with E-state index in [4.69, 9.17) is 0 Å². The Morgan fingerprint density at radius 2 is 1.78 bits per heavy atom. The molecule has 1 fully saturated rings. The molecule has 1 aromatic rings. The number of nitrogens with zero attached hydrogens (tertiary/aromatic N) is 3. The molecule has 1 saturated carbocycles. The molecule has 0 aliphatic heterocycles. The molecule has 0 N–H and O–H groups in total. The summed E-state index contributed by atoms with van der Waals surface area (Å²) in [5.74, 6) is 3.67. The molecule has 0 aromatic carbocycles. The SMILES string of the molecule is Cn1c(CBr)nnc1C1CCC(C(C)(C)C)CC1. The summed E-state index contributed by atoms with van der Waals surface area (Å²) >= 11 is 3.46. The number of hydrogen-bond donors (Lipinski definition) is 0. The maximum Gasteiger partial charge on any atom is 0.143 e. The molecule has 0 atom stereocenters. The van der Waals surface area contributed by atoms with Crippen LogP contribution in [-0.2, 0) is 12.4 Å². The van der Waals surface area contributed by atoms with Crippen LogP contribution in [0.1, 0.15) is 64.0 Å². The van der Waals surface area contributed by atoms with Gasteiger partial charge in [-0.15, -0.1) is 10.2 Å². The van der Waals surface area contributed by atoms with E-state index in [1.54, 1.807) is 0 Å². The topological polar surface area (TPSA) is 30.7 Å². The van der Waals surface area contributed by atoms with Crippen LogP contribution >= 0.6 is 15.9 Å². The predicted octanol–water partition coefficient (Wildman–Crippen LogP) is 4.03. The summed E-state index contributed by atoms with van der Waals surface area (Å²) in [5.41, 5.74) is 0.450. The van der Waals surface area contributed by atoms with E-state index >= 15 is 0 Å². The maximum atomic E-state index is 4.38. The first-order valence-electron chi connectivity index (χ1n) is 6.87. The summed E-state index contributed by atoms with van der Waals surface area (Å²) in [6.45, 7) is 7.09.